The molecule has 0 aliphatic heterocycles. The fourth-order valence-corrected chi connectivity index (χ4v) is 3.32. The fraction of sp³-hybridized carbons (Fsp3) is 0.143. The highest BCUT2D eigenvalue weighted by molar-refractivity contribution is 7.90. The molecule has 1 aromatic carbocycles. The molecule has 6 nitrogen and oxygen atoms in total. The molecule has 0 fully saturated rings. The maximum absolute atomic E-state index is 11.9. The number of carbonyl (C=O) groups excluding carboxylic acids is 2. The summed E-state index contributed by atoms with van der Waals surface area (Å²) in [6.45, 7) is 0.0603. The second-order valence-corrected chi connectivity index (χ2v) is 6.82. The minimum absolute atomic E-state index is 0.0191. The first-order valence-electron chi connectivity index (χ1n) is 6.40. The maximum atomic E-state index is 11.9. The first-order valence-corrected chi connectivity index (χ1v) is 8.83. The number of nitrogens with one attached hydrogen (secondary N) is 2. The van der Waals surface area contributed by atoms with E-state index in [1.54, 1.807) is 35.0 Å². The Morgan fingerprint density at radius 3 is 2.45 bits per heavy atom. The van der Waals surface area contributed by atoms with Crippen molar-refractivity contribution < 1.29 is 18.0 Å². The van der Waals surface area contributed by atoms with Gasteiger partial charge in [-0.15, -0.1) is 0 Å². The Labute approximate surface area is 132 Å². The Morgan fingerprint density at radius 2 is 1.82 bits per heavy atom. The van der Waals surface area contributed by atoms with Crippen molar-refractivity contribution in [3.8, 4) is 0 Å². The van der Waals surface area contributed by atoms with E-state index in [-0.39, 0.29) is 23.8 Å². The number of thiophene rings is 1. The van der Waals surface area contributed by atoms with Crippen LogP contribution in [-0.4, -0.2) is 26.8 Å². The average molecular weight is 338 g/mol. The topological polar surface area (TPSA) is 92.3 Å². The van der Waals surface area contributed by atoms with Gasteiger partial charge < -0.3 is 5.32 Å². The van der Waals surface area contributed by atoms with Crippen LogP contribution >= 0.6 is 11.3 Å². The molecule has 0 aliphatic rings. The van der Waals surface area contributed by atoms with Gasteiger partial charge in [0, 0.05) is 23.9 Å². The monoisotopic (exact) mass is 338 g/mol. The molecule has 0 saturated heterocycles. The predicted octanol–water partition coefficient (Wildman–Crippen LogP) is 1.37. The molecule has 0 unspecified atom stereocenters. The third kappa shape index (κ3) is 4.40. The van der Waals surface area contributed by atoms with Gasteiger partial charge in [0.15, 0.2) is 0 Å². The highest BCUT2D eigenvalue weighted by Crippen LogP contribution is 2.07. The number of hydrogen-bond donors (Lipinski definition) is 2. The van der Waals surface area contributed by atoms with Gasteiger partial charge in [-0.1, -0.05) is 18.2 Å². The molecule has 1 heterocycles. The molecule has 0 aliphatic carbocycles. The molecule has 0 atom stereocenters. The van der Waals surface area contributed by atoms with Crippen LogP contribution in [0.3, 0.4) is 0 Å². The van der Waals surface area contributed by atoms with Gasteiger partial charge in [-0.25, -0.2) is 13.1 Å². The Kier molecular flexibility index (Phi) is 5.29. The molecule has 0 radical (unpaired) electrons. The summed E-state index contributed by atoms with van der Waals surface area (Å²) < 4.78 is 25.8. The van der Waals surface area contributed by atoms with Crippen LogP contribution in [-0.2, 0) is 14.8 Å². The highest BCUT2D eigenvalue weighted by Gasteiger charge is 2.17. The van der Waals surface area contributed by atoms with Crippen LogP contribution in [0, 0.1) is 0 Å². The lowest BCUT2D eigenvalue weighted by atomic mass is 10.3. The van der Waals surface area contributed by atoms with Crippen LogP contribution in [0.1, 0.15) is 16.8 Å². The van der Waals surface area contributed by atoms with Gasteiger partial charge in [-0.3, -0.25) is 9.59 Å². The summed E-state index contributed by atoms with van der Waals surface area (Å²) >= 11 is 1.39. The molecule has 2 rings (SSSR count). The van der Waals surface area contributed by atoms with Crippen LogP contribution in [0.15, 0.2) is 52.1 Å². The molecule has 8 heteroatoms. The van der Waals surface area contributed by atoms with Crippen molar-refractivity contribution in [3.05, 3.63) is 52.7 Å². The van der Waals surface area contributed by atoms with Gasteiger partial charge in [0.2, 0.25) is 5.91 Å². The summed E-state index contributed by atoms with van der Waals surface area (Å²) in [6, 6.07) is 9.28. The smallest absolute Gasteiger partial charge is 0.264 e. The Morgan fingerprint density at radius 1 is 1.09 bits per heavy atom. The summed E-state index contributed by atoms with van der Waals surface area (Å²) in [5, 5.41) is 6.02. The standard InChI is InChI=1S/C14H14N2O4S2/c17-13(6-8-15-14(18)11-7-9-21-10-11)16-22(19,20)12-4-2-1-3-5-12/h1-5,7,9-10H,6,8H2,(H,15,18)(H,16,17). The summed E-state index contributed by atoms with van der Waals surface area (Å²) in [6.07, 6.45) is -0.123. The summed E-state index contributed by atoms with van der Waals surface area (Å²) in [4.78, 5) is 23.3. The van der Waals surface area contributed by atoms with Crippen molar-refractivity contribution in [2.45, 2.75) is 11.3 Å². The fourth-order valence-electron chi connectivity index (χ4n) is 1.64. The highest BCUT2D eigenvalue weighted by atomic mass is 32.2. The van der Waals surface area contributed by atoms with E-state index in [2.05, 4.69) is 5.32 Å². The van der Waals surface area contributed by atoms with E-state index in [9.17, 15) is 18.0 Å². The summed E-state index contributed by atoms with van der Waals surface area (Å²) in [5.41, 5.74) is 0.516. The molecular formula is C14H14N2O4S2. The number of amides is 2. The first kappa shape index (κ1) is 16.2. The van der Waals surface area contributed by atoms with Gasteiger partial charge in [0.05, 0.1) is 4.90 Å². The van der Waals surface area contributed by atoms with Gasteiger partial charge >= 0.3 is 0 Å². The van der Waals surface area contributed by atoms with E-state index in [0.717, 1.165) is 0 Å². The van der Waals surface area contributed by atoms with E-state index >= 15 is 0 Å². The lowest BCUT2D eigenvalue weighted by Gasteiger charge is -2.07. The second kappa shape index (κ2) is 7.19. The molecule has 0 spiro atoms. The zero-order chi connectivity index (χ0) is 16.0. The SMILES string of the molecule is O=C(CCNC(=O)c1ccsc1)NS(=O)(=O)c1ccccc1. The number of sulfonamides is 1. The quantitative estimate of drug-likeness (QED) is 0.832. The molecule has 2 amide bonds. The Bertz CT molecular complexity index is 740. The van der Waals surface area contributed by atoms with Crippen molar-refractivity contribution >= 4 is 33.2 Å². The number of rotatable bonds is 6. The third-order valence-corrected chi connectivity index (χ3v) is 4.80. The molecule has 22 heavy (non-hydrogen) atoms. The molecule has 116 valence electrons. The lowest BCUT2D eigenvalue weighted by molar-refractivity contribution is -0.119. The zero-order valence-corrected chi connectivity index (χ0v) is 13.1. The largest absolute Gasteiger partial charge is 0.351 e. The molecule has 2 N–H and O–H groups in total. The van der Waals surface area contributed by atoms with Crippen molar-refractivity contribution in [2.24, 2.45) is 0 Å². The van der Waals surface area contributed by atoms with Gasteiger partial charge in [0.25, 0.3) is 15.9 Å². The molecule has 1 aromatic heterocycles. The predicted molar refractivity (Wildman–Crippen MR) is 83.0 cm³/mol. The molecule has 2 aromatic rings. The average Bonchev–Trinajstić information content (AvgIpc) is 3.02. The van der Waals surface area contributed by atoms with Gasteiger partial charge in [-0.05, 0) is 23.6 Å². The molecule has 0 bridgehead atoms. The number of benzene rings is 1. The second-order valence-electron chi connectivity index (χ2n) is 4.36. The van der Waals surface area contributed by atoms with Crippen molar-refractivity contribution in [3.63, 3.8) is 0 Å². The van der Waals surface area contributed by atoms with Gasteiger partial charge in [0.1, 0.15) is 0 Å². The minimum atomic E-state index is -3.86. The summed E-state index contributed by atoms with van der Waals surface area (Å²) in [7, 11) is -3.86. The normalized spacial score (nSPS) is 10.9. The lowest BCUT2D eigenvalue weighted by Crippen LogP contribution is -2.34. The summed E-state index contributed by atoms with van der Waals surface area (Å²) in [5.74, 6) is -0.963. The number of hydrogen-bond acceptors (Lipinski definition) is 5. The third-order valence-electron chi connectivity index (χ3n) is 2.72. The van der Waals surface area contributed by atoms with Crippen molar-refractivity contribution in [2.75, 3.05) is 6.54 Å². The first-order chi connectivity index (χ1) is 10.5. The van der Waals surface area contributed by atoms with Crippen LogP contribution in [0.25, 0.3) is 0 Å². The molecular weight excluding hydrogens is 324 g/mol. The van der Waals surface area contributed by atoms with Crippen molar-refractivity contribution in [1.82, 2.24) is 10.0 Å². The van der Waals surface area contributed by atoms with E-state index in [1.807, 2.05) is 4.72 Å². The Hall–Kier alpha value is -2.19. The number of carbonyl (C=O) groups is 2. The Balaban J connectivity index is 1.82. The van der Waals surface area contributed by atoms with E-state index in [1.165, 1.54) is 23.5 Å². The maximum Gasteiger partial charge on any atom is 0.264 e. The van der Waals surface area contributed by atoms with Crippen LogP contribution < -0.4 is 10.0 Å². The molecule has 0 saturated carbocycles. The van der Waals surface area contributed by atoms with E-state index in [4.69, 9.17) is 0 Å². The van der Waals surface area contributed by atoms with Crippen LogP contribution in [0.5, 0.6) is 0 Å². The van der Waals surface area contributed by atoms with E-state index in [0.29, 0.717) is 5.56 Å². The van der Waals surface area contributed by atoms with E-state index < -0.39 is 15.9 Å². The minimum Gasteiger partial charge on any atom is -0.351 e. The van der Waals surface area contributed by atoms with Crippen LogP contribution in [0.2, 0.25) is 0 Å². The zero-order valence-electron chi connectivity index (χ0n) is 11.5. The van der Waals surface area contributed by atoms with Crippen LogP contribution in [0.4, 0.5) is 0 Å². The van der Waals surface area contributed by atoms with Crippen molar-refractivity contribution in [1.29, 1.82) is 0 Å². The van der Waals surface area contributed by atoms with Gasteiger partial charge in [-0.2, -0.15) is 11.3 Å².